The lowest BCUT2D eigenvalue weighted by Crippen LogP contribution is -2.24. The maximum atomic E-state index is 8.76. The van der Waals surface area contributed by atoms with Crippen molar-refractivity contribution >= 4 is 5.69 Å². The molecule has 3 aromatic carbocycles. The fourth-order valence-electron chi connectivity index (χ4n) is 2.85. The predicted octanol–water partition coefficient (Wildman–Crippen LogP) is 5.33. The molecule has 0 aliphatic heterocycles. The van der Waals surface area contributed by atoms with E-state index < -0.39 is 0 Å². The van der Waals surface area contributed by atoms with Crippen molar-refractivity contribution in [3.63, 3.8) is 0 Å². The Balaban J connectivity index is 1.76. The van der Waals surface area contributed by atoms with Crippen molar-refractivity contribution in [2.45, 2.75) is 19.4 Å². The van der Waals surface area contributed by atoms with Crippen molar-refractivity contribution in [2.24, 2.45) is 0 Å². The van der Waals surface area contributed by atoms with Gasteiger partial charge in [-0.2, -0.15) is 0 Å². The molecule has 25 heavy (non-hydrogen) atoms. The second-order valence-electron chi connectivity index (χ2n) is 6.02. The van der Waals surface area contributed by atoms with Crippen molar-refractivity contribution in [3.05, 3.63) is 96.1 Å². The van der Waals surface area contributed by atoms with E-state index in [1.807, 2.05) is 48.5 Å². The van der Waals surface area contributed by atoms with Gasteiger partial charge < -0.3 is 9.64 Å². The van der Waals surface area contributed by atoms with Gasteiger partial charge in [0.2, 0.25) is 0 Å². The number of aryl methyl sites for hydroxylation is 1. The number of hydrogen-bond donors (Lipinski definition) is 0. The fraction of sp³-hybridized carbons (Fsp3) is 0.217. The van der Waals surface area contributed by atoms with E-state index >= 15 is 0 Å². The average molecular weight is 332 g/mol. The Hall–Kier alpha value is -2.74. The summed E-state index contributed by atoms with van der Waals surface area (Å²) in [5.41, 5.74) is 3.53. The molecule has 0 aliphatic rings. The van der Waals surface area contributed by atoms with Crippen LogP contribution in [0.4, 0.5) is 5.69 Å². The maximum absolute atomic E-state index is 8.76. The molecule has 0 fully saturated rings. The highest BCUT2D eigenvalue weighted by molar-refractivity contribution is 5.49. The van der Waals surface area contributed by atoms with Gasteiger partial charge in [-0.25, -0.2) is 0 Å². The summed E-state index contributed by atoms with van der Waals surface area (Å²) in [6.07, 6.45) is 1.68. The number of nitrogens with zero attached hydrogens (tertiary/aromatic N) is 1. The van der Waals surface area contributed by atoms with Gasteiger partial charge in [0, 0.05) is 20.1 Å². The molecule has 3 rings (SSSR count). The maximum Gasteiger partial charge on any atom is 0.119 e. The van der Waals surface area contributed by atoms with E-state index in [1.165, 1.54) is 11.1 Å². The third-order valence-electron chi connectivity index (χ3n) is 4.23. The van der Waals surface area contributed by atoms with Gasteiger partial charge in [0.15, 0.2) is 0 Å². The van der Waals surface area contributed by atoms with Gasteiger partial charge in [-0.05, 0) is 48.2 Å². The Morgan fingerprint density at radius 3 is 2.00 bits per heavy atom. The zero-order valence-corrected chi connectivity index (χ0v) is 14.6. The number of hydrogen-bond acceptors (Lipinski definition) is 2. The molecule has 2 heteroatoms. The summed E-state index contributed by atoms with van der Waals surface area (Å²) in [4.78, 5) is 2.15. The largest absolute Gasteiger partial charge is 0.497 e. The second-order valence-corrected chi connectivity index (χ2v) is 6.02. The molecule has 0 aliphatic carbocycles. The summed E-state index contributed by atoms with van der Waals surface area (Å²) >= 11 is 0. The molecule has 1 atom stereocenters. The van der Waals surface area contributed by atoms with Crippen LogP contribution >= 0.6 is 0 Å². The van der Waals surface area contributed by atoms with Crippen molar-refractivity contribution in [2.75, 3.05) is 18.5 Å². The lowest BCUT2D eigenvalue weighted by molar-refractivity contribution is 0.415. The Kier molecular flexibility index (Phi) is 5.63. The van der Waals surface area contributed by atoms with Crippen molar-refractivity contribution < 1.29 is 6.11 Å². The highest BCUT2D eigenvalue weighted by Crippen LogP contribution is 2.22. The first-order valence-corrected chi connectivity index (χ1v) is 8.67. The SMILES string of the molecule is [2H]C(CCc1ccccc1)N(Cc1ccccc1)c1ccc(OC)cc1. The summed E-state index contributed by atoms with van der Waals surface area (Å²) in [6, 6.07) is 28.7. The monoisotopic (exact) mass is 332 g/mol. The zero-order chi connectivity index (χ0) is 18.2. The molecule has 0 heterocycles. The molecule has 2 nitrogen and oxygen atoms in total. The third kappa shape index (κ3) is 5.12. The highest BCUT2D eigenvalue weighted by Gasteiger charge is 2.08. The van der Waals surface area contributed by atoms with Crippen LogP contribution in [-0.2, 0) is 13.0 Å². The van der Waals surface area contributed by atoms with Crippen molar-refractivity contribution in [3.8, 4) is 5.75 Å². The van der Waals surface area contributed by atoms with Gasteiger partial charge in [0.05, 0.1) is 7.11 Å². The summed E-state index contributed by atoms with van der Waals surface area (Å²) in [6.45, 7) is 0.402. The van der Waals surface area contributed by atoms with Gasteiger partial charge in [0.1, 0.15) is 5.75 Å². The Morgan fingerprint density at radius 1 is 0.800 bits per heavy atom. The normalized spacial score (nSPS) is 12.3. The van der Waals surface area contributed by atoms with Crippen LogP contribution in [0.2, 0.25) is 0 Å². The van der Waals surface area contributed by atoms with Crippen LogP contribution in [0.5, 0.6) is 5.75 Å². The van der Waals surface area contributed by atoms with Crippen LogP contribution < -0.4 is 9.64 Å². The first-order valence-electron chi connectivity index (χ1n) is 9.25. The minimum Gasteiger partial charge on any atom is -0.497 e. The van der Waals surface area contributed by atoms with Crippen LogP contribution in [0.25, 0.3) is 0 Å². The van der Waals surface area contributed by atoms with E-state index in [-0.39, 0.29) is 6.52 Å². The minimum atomic E-state index is -0.316. The van der Waals surface area contributed by atoms with Gasteiger partial charge in [-0.3, -0.25) is 0 Å². The Bertz CT molecular complexity index is 774. The smallest absolute Gasteiger partial charge is 0.119 e. The molecule has 0 spiro atoms. The van der Waals surface area contributed by atoms with Crippen molar-refractivity contribution in [1.82, 2.24) is 0 Å². The Morgan fingerprint density at radius 2 is 1.40 bits per heavy atom. The Labute approximate surface area is 152 Å². The second kappa shape index (κ2) is 8.93. The zero-order valence-electron chi connectivity index (χ0n) is 15.6. The highest BCUT2D eigenvalue weighted by atomic mass is 16.5. The number of methoxy groups -OCH3 is 1. The molecule has 0 bridgehead atoms. The van der Waals surface area contributed by atoms with Crippen LogP contribution in [0.1, 0.15) is 18.9 Å². The molecule has 0 N–H and O–H groups in total. The van der Waals surface area contributed by atoms with Crippen molar-refractivity contribution in [1.29, 1.82) is 0 Å². The molecular formula is C23H25NO. The molecule has 3 aromatic rings. The van der Waals surface area contributed by atoms with Gasteiger partial charge in [-0.15, -0.1) is 0 Å². The fourth-order valence-corrected chi connectivity index (χ4v) is 2.85. The van der Waals surface area contributed by atoms with E-state index in [0.717, 1.165) is 30.8 Å². The van der Waals surface area contributed by atoms with E-state index in [4.69, 9.17) is 6.11 Å². The topological polar surface area (TPSA) is 12.5 Å². The lowest BCUT2D eigenvalue weighted by atomic mass is 10.1. The van der Waals surface area contributed by atoms with E-state index in [0.29, 0.717) is 0 Å². The molecule has 0 saturated carbocycles. The molecule has 1 unspecified atom stereocenters. The van der Waals surface area contributed by atoms with Gasteiger partial charge in [-0.1, -0.05) is 60.7 Å². The van der Waals surface area contributed by atoms with Crippen LogP contribution in [0, 0.1) is 0 Å². The quantitative estimate of drug-likeness (QED) is 0.552. The van der Waals surface area contributed by atoms with Gasteiger partial charge >= 0.3 is 0 Å². The summed E-state index contributed by atoms with van der Waals surface area (Å²) in [5, 5.41) is 0. The van der Waals surface area contributed by atoms with E-state index in [2.05, 4.69) is 41.3 Å². The average Bonchev–Trinajstić information content (AvgIpc) is 2.72. The summed E-state index contributed by atoms with van der Waals surface area (Å²) in [7, 11) is 1.67. The van der Waals surface area contributed by atoms with E-state index in [9.17, 15) is 0 Å². The van der Waals surface area contributed by atoms with Crippen LogP contribution in [0.3, 0.4) is 0 Å². The minimum absolute atomic E-state index is 0.316. The molecule has 0 amide bonds. The molecular weight excluding hydrogens is 306 g/mol. The van der Waals surface area contributed by atoms with Crippen LogP contribution in [-0.4, -0.2) is 13.6 Å². The molecule has 128 valence electrons. The molecule has 0 aromatic heterocycles. The molecule has 0 radical (unpaired) electrons. The number of anilines is 1. The van der Waals surface area contributed by atoms with Crippen LogP contribution in [0.15, 0.2) is 84.9 Å². The predicted molar refractivity (Wildman–Crippen MR) is 105 cm³/mol. The first kappa shape index (κ1) is 15.8. The van der Waals surface area contributed by atoms with E-state index in [1.54, 1.807) is 7.11 Å². The standard InChI is InChI=1S/C23H25NO/c1-25-23-16-14-22(15-17-23)24(19-21-11-6-3-7-12-21)18-8-13-20-9-4-2-5-10-20/h2-7,9-12,14-17H,8,13,18-19H2,1H3/i18D. The lowest BCUT2D eigenvalue weighted by Gasteiger charge is -2.25. The third-order valence-corrected chi connectivity index (χ3v) is 4.23. The first-order chi connectivity index (χ1) is 12.8. The number of rotatable bonds is 8. The summed E-state index contributed by atoms with van der Waals surface area (Å²) in [5.74, 6) is 0.833. The molecule has 0 saturated heterocycles. The number of ether oxygens (including phenoxy) is 1. The van der Waals surface area contributed by atoms with Gasteiger partial charge in [0.25, 0.3) is 0 Å². The summed E-state index contributed by atoms with van der Waals surface area (Å²) < 4.78 is 14.0. The number of benzene rings is 3.